The van der Waals surface area contributed by atoms with E-state index in [2.05, 4.69) is 0 Å². The summed E-state index contributed by atoms with van der Waals surface area (Å²) in [6.07, 6.45) is 0. The third-order valence-electron chi connectivity index (χ3n) is 4.55. The number of carbonyl (C=O) groups is 1. The zero-order valence-corrected chi connectivity index (χ0v) is 18.1. The van der Waals surface area contributed by atoms with Crippen molar-refractivity contribution in [3.63, 3.8) is 0 Å². The number of sulfonamides is 1. The van der Waals surface area contributed by atoms with Crippen LogP contribution in [0.2, 0.25) is 0 Å². The number of amides is 1. The van der Waals surface area contributed by atoms with Gasteiger partial charge in [0, 0.05) is 25.7 Å². The second-order valence-electron chi connectivity index (χ2n) is 6.36. The van der Waals surface area contributed by atoms with Crippen molar-refractivity contribution in [1.82, 2.24) is 9.21 Å². The van der Waals surface area contributed by atoms with E-state index in [1.54, 1.807) is 64.4 Å². The molecule has 1 amide bonds. The molecular formula is C21H28N2O5S. The van der Waals surface area contributed by atoms with Crippen LogP contribution in [0.4, 0.5) is 0 Å². The summed E-state index contributed by atoms with van der Waals surface area (Å²) in [6, 6.07) is 13.2. The molecule has 0 radical (unpaired) electrons. The Morgan fingerprint density at radius 1 is 0.931 bits per heavy atom. The van der Waals surface area contributed by atoms with Crippen molar-refractivity contribution in [2.45, 2.75) is 18.7 Å². The average Bonchev–Trinajstić information content (AvgIpc) is 2.74. The zero-order valence-electron chi connectivity index (χ0n) is 17.3. The molecule has 7 nitrogen and oxygen atoms in total. The van der Waals surface area contributed by atoms with Crippen LogP contribution >= 0.6 is 0 Å². The van der Waals surface area contributed by atoms with Crippen molar-refractivity contribution in [2.24, 2.45) is 0 Å². The number of benzene rings is 2. The Bertz CT molecular complexity index is 892. The first-order chi connectivity index (χ1) is 13.8. The predicted molar refractivity (Wildman–Crippen MR) is 112 cm³/mol. The number of carbonyl (C=O) groups excluding carboxylic acids is 1. The highest BCUT2D eigenvalue weighted by Gasteiger charge is 2.22. The first kappa shape index (κ1) is 22.7. The number of hydrogen-bond donors (Lipinski definition) is 0. The Morgan fingerprint density at radius 3 is 2.00 bits per heavy atom. The van der Waals surface area contributed by atoms with Gasteiger partial charge in [-0.05, 0) is 48.5 Å². The van der Waals surface area contributed by atoms with Crippen molar-refractivity contribution in [3.8, 4) is 11.5 Å². The monoisotopic (exact) mass is 420 g/mol. The minimum Gasteiger partial charge on any atom is -0.497 e. The van der Waals surface area contributed by atoms with Gasteiger partial charge in [-0.3, -0.25) is 4.79 Å². The Kier molecular flexibility index (Phi) is 8.04. The fourth-order valence-electron chi connectivity index (χ4n) is 2.78. The van der Waals surface area contributed by atoms with Gasteiger partial charge in [0.25, 0.3) is 5.91 Å². The summed E-state index contributed by atoms with van der Waals surface area (Å²) in [4.78, 5) is 14.3. The summed E-state index contributed by atoms with van der Waals surface area (Å²) < 4.78 is 37.2. The third kappa shape index (κ3) is 5.71. The van der Waals surface area contributed by atoms with Crippen LogP contribution < -0.4 is 9.47 Å². The average molecular weight is 421 g/mol. The molecule has 0 fully saturated rings. The van der Waals surface area contributed by atoms with Crippen molar-refractivity contribution in [2.75, 3.05) is 40.4 Å². The largest absolute Gasteiger partial charge is 0.497 e. The normalized spacial score (nSPS) is 11.3. The van der Waals surface area contributed by atoms with Crippen molar-refractivity contribution >= 4 is 15.9 Å². The summed E-state index contributed by atoms with van der Waals surface area (Å²) >= 11 is 0. The molecule has 2 rings (SSSR count). The van der Waals surface area contributed by atoms with E-state index in [-0.39, 0.29) is 10.8 Å². The van der Waals surface area contributed by atoms with E-state index >= 15 is 0 Å². The van der Waals surface area contributed by atoms with Crippen molar-refractivity contribution in [1.29, 1.82) is 0 Å². The summed E-state index contributed by atoms with van der Waals surface area (Å²) in [5, 5.41) is 0. The minimum atomic E-state index is -3.53. The lowest BCUT2D eigenvalue weighted by molar-refractivity contribution is 0.0773. The lowest BCUT2D eigenvalue weighted by atomic mass is 10.2. The van der Waals surface area contributed by atoms with E-state index in [0.717, 1.165) is 5.75 Å². The molecule has 0 atom stereocenters. The molecule has 0 saturated carbocycles. The molecule has 0 heterocycles. The highest BCUT2D eigenvalue weighted by Crippen LogP contribution is 2.18. The van der Waals surface area contributed by atoms with E-state index in [0.29, 0.717) is 37.6 Å². The molecule has 0 aromatic heterocycles. The van der Waals surface area contributed by atoms with Gasteiger partial charge in [0.05, 0.1) is 18.6 Å². The maximum absolute atomic E-state index is 12.6. The first-order valence-corrected chi connectivity index (χ1v) is 10.9. The van der Waals surface area contributed by atoms with Crippen LogP contribution in [-0.4, -0.2) is 63.9 Å². The number of hydrogen-bond acceptors (Lipinski definition) is 5. The summed E-state index contributed by atoms with van der Waals surface area (Å²) in [6.45, 7) is 5.12. The second kappa shape index (κ2) is 10.3. The highest BCUT2D eigenvalue weighted by molar-refractivity contribution is 7.89. The van der Waals surface area contributed by atoms with Gasteiger partial charge < -0.3 is 14.4 Å². The first-order valence-electron chi connectivity index (χ1n) is 9.46. The zero-order chi connectivity index (χ0) is 21.4. The van der Waals surface area contributed by atoms with Gasteiger partial charge in [0.1, 0.15) is 18.1 Å². The van der Waals surface area contributed by atoms with E-state index in [1.807, 2.05) is 0 Å². The summed E-state index contributed by atoms with van der Waals surface area (Å²) in [7, 11) is -0.254. The Morgan fingerprint density at radius 2 is 1.48 bits per heavy atom. The number of likely N-dealkylation sites (N-methyl/N-ethyl adjacent to an activating group) is 1. The van der Waals surface area contributed by atoms with Gasteiger partial charge in [-0.25, -0.2) is 8.42 Å². The third-order valence-corrected chi connectivity index (χ3v) is 6.61. The minimum absolute atomic E-state index is 0.184. The van der Waals surface area contributed by atoms with Gasteiger partial charge >= 0.3 is 0 Å². The van der Waals surface area contributed by atoms with E-state index in [9.17, 15) is 13.2 Å². The van der Waals surface area contributed by atoms with Gasteiger partial charge in [0.2, 0.25) is 10.0 Å². The van der Waals surface area contributed by atoms with Crippen molar-refractivity contribution < 1.29 is 22.7 Å². The number of ether oxygens (including phenoxy) is 2. The molecular weight excluding hydrogens is 392 g/mol. The summed E-state index contributed by atoms with van der Waals surface area (Å²) in [5.74, 6) is 1.24. The number of nitrogens with zero attached hydrogens (tertiary/aromatic N) is 2. The van der Waals surface area contributed by atoms with Gasteiger partial charge in [-0.15, -0.1) is 0 Å². The standard InChI is InChI=1S/C21H28N2O5S/c1-5-23(6-2)29(25,26)20-13-7-17(8-14-20)21(24)22(3)15-16-28-19-11-9-18(27-4)10-12-19/h7-14H,5-6,15-16H2,1-4H3. The molecule has 0 bridgehead atoms. The quantitative estimate of drug-likeness (QED) is 0.591. The fraction of sp³-hybridized carbons (Fsp3) is 0.381. The van der Waals surface area contributed by atoms with Crippen LogP contribution in [0.15, 0.2) is 53.4 Å². The van der Waals surface area contributed by atoms with Crippen LogP contribution in [0.5, 0.6) is 11.5 Å². The van der Waals surface area contributed by atoms with Gasteiger partial charge in [0.15, 0.2) is 0 Å². The lowest BCUT2D eigenvalue weighted by Gasteiger charge is -2.19. The predicted octanol–water partition coefficient (Wildman–Crippen LogP) is 2.88. The van der Waals surface area contributed by atoms with E-state index < -0.39 is 10.0 Å². The molecule has 0 aliphatic heterocycles. The smallest absolute Gasteiger partial charge is 0.253 e. The van der Waals surface area contributed by atoms with E-state index in [1.165, 1.54) is 21.3 Å². The molecule has 158 valence electrons. The van der Waals surface area contributed by atoms with Crippen molar-refractivity contribution in [3.05, 3.63) is 54.1 Å². The van der Waals surface area contributed by atoms with E-state index in [4.69, 9.17) is 9.47 Å². The van der Waals surface area contributed by atoms with Crippen LogP contribution in [0, 0.1) is 0 Å². The topological polar surface area (TPSA) is 76.2 Å². The van der Waals surface area contributed by atoms with Crippen LogP contribution in [0.3, 0.4) is 0 Å². The summed E-state index contributed by atoms with van der Waals surface area (Å²) in [5.41, 5.74) is 0.426. The van der Waals surface area contributed by atoms with Gasteiger partial charge in [-0.1, -0.05) is 13.8 Å². The molecule has 0 N–H and O–H groups in total. The molecule has 0 aliphatic rings. The molecule has 2 aromatic rings. The lowest BCUT2D eigenvalue weighted by Crippen LogP contribution is -2.31. The SMILES string of the molecule is CCN(CC)S(=O)(=O)c1ccc(C(=O)N(C)CCOc2ccc(OC)cc2)cc1. The molecule has 29 heavy (non-hydrogen) atoms. The molecule has 0 spiro atoms. The Hall–Kier alpha value is -2.58. The second-order valence-corrected chi connectivity index (χ2v) is 8.30. The van der Waals surface area contributed by atoms with Crippen LogP contribution in [0.1, 0.15) is 24.2 Å². The Labute approximate surface area is 172 Å². The van der Waals surface area contributed by atoms with Gasteiger partial charge in [-0.2, -0.15) is 4.31 Å². The molecule has 0 aliphatic carbocycles. The van der Waals surface area contributed by atoms with Crippen LogP contribution in [-0.2, 0) is 10.0 Å². The maximum atomic E-state index is 12.6. The molecule has 8 heteroatoms. The molecule has 0 saturated heterocycles. The highest BCUT2D eigenvalue weighted by atomic mass is 32.2. The number of rotatable bonds is 10. The molecule has 2 aromatic carbocycles. The number of methoxy groups -OCH3 is 1. The Balaban J connectivity index is 1.95. The van der Waals surface area contributed by atoms with Crippen LogP contribution in [0.25, 0.3) is 0 Å². The fourth-order valence-corrected chi connectivity index (χ4v) is 4.23. The maximum Gasteiger partial charge on any atom is 0.253 e. The molecule has 0 unspecified atom stereocenters.